The molecular weight excluding hydrogens is 229 g/mol. The van der Waals surface area contributed by atoms with Gasteiger partial charge in [-0.2, -0.15) is 0 Å². The number of benzene rings is 1. The number of nitro groups is 1. The maximum absolute atomic E-state index is 12.5. The minimum absolute atomic E-state index is 0.291. The van der Waals surface area contributed by atoms with Gasteiger partial charge in [0.05, 0.1) is 0 Å². The molecule has 5 heteroatoms. The Bertz CT molecular complexity index is 316. The molecule has 1 rings (SSSR count). The zero-order valence-corrected chi connectivity index (χ0v) is 7.54. The van der Waals surface area contributed by atoms with Crippen LogP contribution in [0.4, 0.5) is 4.39 Å². The van der Waals surface area contributed by atoms with Gasteiger partial charge < -0.3 is 0 Å². The van der Waals surface area contributed by atoms with Crippen LogP contribution in [0.2, 0.25) is 0 Å². The van der Waals surface area contributed by atoms with Gasteiger partial charge in [-0.25, -0.2) is 4.39 Å². The van der Waals surface area contributed by atoms with Crippen LogP contribution in [-0.2, 0) is 6.54 Å². The van der Waals surface area contributed by atoms with Crippen LogP contribution in [0.25, 0.3) is 0 Å². The summed E-state index contributed by atoms with van der Waals surface area (Å²) in [5.41, 5.74) is 0.474. The lowest BCUT2D eigenvalue weighted by atomic mass is 10.2. The third kappa shape index (κ3) is 2.27. The highest BCUT2D eigenvalue weighted by Crippen LogP contribution is 2.18. The molecule has 0 saturated carbocycles. The number of hydrogen-bond acceptors (Lipinski definition) is 2. The van der Waals surface area contributed by atoms with Crippen molar-refractivity contribution in [2.75, 3.05) is 0 Å². The molecule has 0 atom stereocenters. The van der Waals surface area contributed by atoms with Crippen LogP contribution >= 0.6 is 15.9 Å². The fourth-order valence-electron chi connectivity index (χ4n) is 0.789. The maximum Gasteiger partial charge on any atom is 0.230 e. The van der Waals surface area contributed by atoms with Gasteiger partial charge >= 0.3 is 0 Å². The average molecular weight is 234 g/mol. The highest BCUT2D eigenvalue weighted by atomic mass is 79.9. The Labute approximate surface area is 76.5 Å². The van der Waals surface area contributed by atoms with Gasteiger partial charge in [-0.3, -0.25) is 10.1 Å². The van der Waals surface area contributed by atoms with Crippen molar-refractivity contribution >= 4 is 15.9 Å². The van der Waals surface area contributed by atoms with Crippen LogP contribution in [0.5, 0.6) is 0 Å². The third-order valence-corrected chi connectivity index (χ3v) is 2.05. The Hall–Kier alpha value is -0.970. The highest BCUT2D eigenvalue weighted by molar-refractivity contribution is 9.10. The molecule has 0 aliphatic carbocycles. The molecule has 0 radical (unpaired) electrons. The van der Waals surface area contributed by atoms with Gasteiger partial charge in [0.2, 0.25) is 6.54 Å². The minimum Gasteiger partial charge on any atom is -0.264 e. The van der Waals surface area contributed by atoms with E-state index in [-0.39, 0.29) is 6.54 Å². The van der Waals surface area contributed by atoms with Crippen LogP contribution in [0.1, 0.15) is 5.56 Å². The minimum atomic E-state index is -0.460. The Morgan fingerprint density at radius 2 is 2.25 bits per heavy atom. The molecule has 0 heterocycles. The Kier molecular flexibility index (Phi) is 2.75. The molecule has 0 saturated heterocycles. The van der Waals surface area contributed by atoms with Crippen LogP contribution < -0.4 is 0 Å². The van der Waals surface area contributed by atoms with E-state index in [0.29, 0.717) is 10.0 Å². The highest BCUT2D eigenvalue weighted by Gasteiger charge is 2.06. The van der Waals surface area contributed by atoms with Crippen molar-refractivity contribution in [1.82, 2.24) is 0 Å². The third-order valence-electron chi connectivity index (χ3n) is 1.31. The van der Waals surface area contributed by atoms with Crippen LogP contribution in [0, 0.1) is 15.9 Å². The average Bonchev–Trinajstić information content (AvgIpc) is 1.94. The summed E-state index contributed by atoms with van der Waals surface area (Å²) >= 11 is 3.03. The van der Waals surface area contributed by atoms with E-state index in [2.05, 4.69) is 15.9 Å². The first-order valence-corrected chi connectivity index (χ1v) is 3.94. The molecule has 0 N–H and O–H groups in total. The molecule has 64 valence electrons. The second kappa shape index (κ2) is 3.62. The summed E-state index contributed by atoms with van der Waals surface area (Å²) in [5.74, 6) is -0.408. The maximum atomic E-state index is 12.5. The van der Waals surface area contributed by atoms with Crippen molar-refractivity contribution < 1.29 is 9.31 Å². The number of nitrogens with zero attached hydrogens (tertiary/aromatic N) is 1. The van der Waals surface area contributed by atoms with Gasteiger partial charge in [0, 0.05) is 15.0 Å². The van der Waals surface area contributed by atoms with Crippen molar-refractivity contribution in [2.24, 2.45) is 0 Å². The summed E-state index contributed by atoms with van der Waals surface area (Å²) < 4.78 is 12.9. The zero-order valence-electron chi connectivity index (χ0n) is 5.96. The van der Waals surface area contributed by atoms with E-state index in [4.69, 9.17) is 0 Å². The van der Waals surface area contributed by atoms with E-state index >= 15 is 0 Å². The molecule has 0 amide bonds. The molecule has 0 aromatic heterocycles. The Morgan fingerprint density at radius 1 is 1.58 bits per heavy atom. The summed E-state index contributed by atoms with van der Waals surface area (Å²) in [6, 6.07) is 3.80. The molecule has 0 spiro atoms. The van der Waals surface area contributed by atoms with E-state index in [1.165, 1.54) is 18.2 Å². The second-order valence-corrected chi connectivity index (χ2v) is 3.08. The molecular formula is C7H5BrFNO2. The lowest BCUT2D eigenvalue weighted by Gasteiger charge is -1.98. The molecule has 0 aliphatic heterocycles. The van der Waals surface area contributed by atoms with Crippen molar-refractivity contribution in [1.29, 1.82) is 0 Å². The lowest BCUT2D eigenvalue weighted by Crippen LogP contribution is -1.98. The SMILES string of the molecule is O=[N+]([O-])Cc1ccc(F)cc1Br. The molecule has 1 aromatic carbocycles. The van der Waals surface area contributed by atoms with Gasteiger partial charge in [0.25, 0.3) is 0 Å². The van der Waals surface area contributed by atoms with Gasteiger partial charge in [-0.05, 0) is 18.2 Å². The number of rotatable bonds is 2. The van der Waals surface area contributed by atoms with Crippen molar-refractivity contribution in [3.8, 4) is 0 Å². The van der Waals surface area contributed by atoms with E-state index < -0.39 is 10.7 Å². The smallest absolute Gasteiger partial charge is 0.230 e. The van der Waals surface area contributed by atoms with E-state index in [1.807, 2.05) is 0 Å². The quantitative estimate of drug-likeness (QED) is 0.582. The first kappa shape index (κ1) is 9.12. The normalized spacial score (nSPS) is 9.83. The van der Waals surface area contributed by atoms with Crippen molar-refractivity contribution in [3.63, 3.8) is 0 Å². The van der Waals surface area contributed by atoms with E-state index in [0.717, 1.165) is 0 Å². The summed E-state index contributed by atoms with van der Waals surface area (Å²) in [6.45, 7) is -0.291. The zero-order chi connectivity index (χ0) is 9.14. The standard InChI is InChI=1S/C7H5BrFNO2/c8-7-3-6(9)2-1-5(7)4-10(11)12/h1-3H,4H2. The van der Waals surface area contributed by atoms with Crippen LogP contribution in [-0.4, -0.2) is 4.92 Å². The molecule has 0 bridgehead atoms. The largest absolute Gasteiger partial charge is 0.264 e. The molecule has 12 heavy (non-hydrogen) atoms. The lowest BCUT2D eigenvalue weighted by molar-refractivity contribution is -0.497. The predicted molar refractivity (Wildman–Crippen MR) is 44.8 cm³/mol. The van der Waals surface area contributed by atoms with Crippen molar-refractivity contribution in [2.45, 2.75) is 6.54 Å². The fraction of sp³-hybridized carbons (Fsp3) is 0.143. The van der Waals surface area contributed by atoms with Crippen LogP contribution in [0.15, 0.2) is 22.7 Å². The number of halogens is 2. The van der Waals surface area contributed by atoms with E-state index in [1.54, 1.807) is 0 Å². The van der Waals surface area contributed by atoms with Gasteiger partial charge in [0.15, 0.2) is 0 Å². The first-order chi connectivity index (χ1) is 5.59. The topological polar surface area (TPSA) is 43.1 Å². The summed E-state index contributed by atoms with van der Waals surface area (Å²) in [4.78, 5) is 9.64. The molecule has 0 aliphatic rings. The Morgan fingerprint density at radius 3 is 2.75 bits per heavy atom. The predicted octanol–water partition coefficient (Wildman–Crippen LogP) is 2.36. The first-order valence-electron chi connectivity index (χ1n) is 3.15. The molecule has 1 aromatic rings. The molecule has 0 unspecified atom stereocenters. The monoisotopic (exact) mass is 233 g/mol. The van der Waals surface area contributed by atoms with Gasteiger partial charge in [0.1, 0.15) is 5.82 Å². The van der Waals surface area contributed by atoms with Gasteiger partial charge in [-0.15, -0.1) is 0 Å². The van der Waals surface area contributed by atoms with E-state index in [9.17, 15) is 14.5 Å². The Balaban J connectivity index is 2.93. The van der Waals surface area contributed by atoms with Gasteiger partial charge in [-0.1, -0.05) is 15.9 Å². The van der Waals surface area contributed by atoms with Crippen LogP contribution in [0.3, 0.4) is 0 Å². The second-order valence-electron chi connectivity index (χ2n) is 2.23. The fourth-order valence-corrected chi connectivity index (χ4v) is 1.27. The van der Waals surface area contributed by atoms with Crippen molar-refractivity contribution in [3.05, 3.63) is 44.2 Å². The molecule has 3 nitrogen and oxygen atoms in total. The summed E-state index contributed by atoms with van der Waals surface area (Å²) in [5, 5.41) is 10.1. The molecule has 0 fully saturated rings. The number of hydrogen-bond donors (Lipinski definition) is 0. The summed E-state index contributed by atoms with van der Waals surface area (Å²) in [7, 11) is 0. The summed E-state index contributed by atoms with van der Waals surface area (Å²) in [6.07, 6.45) is 0.